The maximum Gasteiger partial charge on any atom is 0.285 e. The fraction of sp³-hybridized carbons (Fsp3) is 0.417. The molecule has 1 aliphatic heterocycles. The largest absolute Gasteiger partial charge is 0.315 e. The van der Waals surface area contributed by atoms with Crippen LogP contribution >= 0.6 is 0 Å². The van der Waals surface area contributed by atoms with E-state index in [1.807, 2.05) is 0 Å². The Hall–Kier alpha value is -1.49. The second-order valence-corrected chi connectivity index (χ2v) is 4.21. The molecule has 1 aromatic carbocycles. The van der Waals surface area contributed by atoms with Crippen molar-refractivity contribution in [3.05, 3.63) is 29.3 Å². The summed E-state index contributed by atoms with van der Waals surface area (Å²) >= 11 is 0. The zero-order valence-corrected chi connectivity index (χ0v) is 9.76. The molecule has 5 heteroatoms. The molecule has 2 rings (SSSR count). The number of alkyl halides is 2. The molecule has 1 aliphatic rings. The molecule has 0 spiro atoms. The number of halogens is 2. The number of hydrogen-bond acceptors (Lipinski definition) is 2. The third kappa shape index (κ3) is 2.02. The minimum absolute atomic E-state index is 0.0475. The lowest BCUT2D eigenvalue weighted by molar-refractivity contribution is -0.117. The molecule has 92 valence electrons. The number of nitrogens with zero attached hydrogens (tertiary/aromatic N) is 1. The lowest BCUT2D eigenvalue weighted by atomic mass is 10.0. The van der Waals surface area contributed by atoms with Gasteiger partial charge in [0.05, 0.1) is 13.0 Å². The molecule has 1 heterocycles. The Labute approximate surface area is 98.4 Å². The predicted molar refractivity (Wildman–Crippen MR) is 61.4 cm³/mol. The van der Waals surface area contributed by atoms with Crippen LogP contribution in [-0.4, -0.2) is 26.5 Å². The van der Waals surface area contributed by atoms with E-state index >= 15 is 0 Å². The Balaban J connectivity index is 2.36. The summed E-state index contributed by atoms with van der Waals surface area (Å²) in [6, 6.07) is 4.39. The molecule has 1 amide bonds. The SMILES string of the molecule is CNCC(F)(F)c1ccc2c(c1)CC(=O)N2C. The molecule has 0 saturated heterocycles. The molecule has 0 aliphatic carbocycles. The van der Waals surface area contributed by atoms with Crippen LogP contribution in [0.25, 0.3) is 0 Å². The van der Waals surface area contributed by atoms with Gasteiger partial charge in [0.25, 0.3) is 5.92 Å². The first-order valence-electron chi connectivity index (χ1n) is 5.38. The third-order valence-corrected chi connectivity index (χ3v) is 2.98. The van der Waals surface area contributed by atoms with Crippen LogP contribution in [0.15, 0.2) is 18.2 Å². The van der Waals surface area contributed by atoms with E-state index in [1.165, 1.54) is 24.1 Å². The van der Waals surface area contributed by atoms with Gasteiger partial charge in [-0.1, -0.05) is 6.07 Å². The van der Waals surface area contributed by atoms with Crippen LogP contribution in [0.5, 0.6) is 0 Å². The number of benzene rings is 1. The molecule has 0 radical (unpaired) electrons. The summed E-state index contributed by atoms with van der Waals surface area (Å²) in [5.74, 6) is -2.97. The number of amides is 1. The zero-order valence-electron chi connectivity index (χ0n) is 9.76. The summed E-state index contributed by atoms with van der Waals surface area (Å²) in [4.78, 5) is 12.9. The van der Waals surface area contributed by atoms with E-state index in [-0.39, 0.29) is 17.9 Å². The molecule has 0 saturated carbocycles. The Morgan fingerprint density at radius 1 is 1.47 bits per heavy atom. The average Bonchev–Trinajstić information content (AvgIpc) is 2.54. The second kappa shape index (κ2) is 4.07. The quantitative estimate of drug-likeness (QED) is 0.868. The molecule has 0 unspecified atom stereocenters. The molecular formula is C12H14F2N2O. The van der Waals surface area contributed by atoms with E-state index in [0.29, 0.717) is 5.56 Å². The van der Waals surface area contributed by atoms with Crippen LogP contribution in [0.2, 0.25) is 0 Å². The number of fused-ring (bicyclic) bond motifs is 1. The van der Waals surface area contributed by atoms with Crippen LogP contribution in [0, 0.1) is 0 Å². The van der Waals surface area contributed by atoms with E-state index in [2.05, 4.69) is 5.32 Å². The fourth-order valence-corrected chi connectivity index (χ4v) is 2.02. The van der Waals surface area contributed by atoms with E-state index in [4.69, 9.17) is 0 Å². The van der Waals surface area contributed by atoms with Crippen LogP contribution in [0.4, 0.5) is 14.5 Å². The topological polar surface area (TPSA) is 32.3 Å². The number of likely N-dealkylation sites (N-methyl/N-ethyl adjacent to an activating group) is 2. The molecule has 0 bridgehead atoms. The highest BCUT2D eigenvalue weighted by Gasteiger charge is 2.33. The van der Waals surface area contributed by atoms with Crippen molar-refractivity contribution in [2.24, 2.45) is 0 Å². The van der Waals surface area contributed by atoms with Gasteiger partial charge in [-0.3, -0.25) is 4.79 Å². The van der Waals surface area contributed by atoms with E-state index in [9.17, 15) is 13.6 Å². The average molecular weight is 240 g/mol. The molecule has 0 atom stereocenters. The van der Waals surface area contributed by atoms with Crippen molar-refractivity contribution in [2.45, 2.75) is 12.3 Å². The Bertz CT molecular complexity index is 460. The van der Waals surface area contributed by atoms with Crippen LogP contribution in [-0.2, 0) is 17.1 Å². The summed E-state index contributed by atoms with van der Waals surface area (Å²) in [6.07, 6.45) is 0.204. The van der Waals surface area contributed by atoms with Crippen LogP contribution in [0.3, 0.4) is 0 Å². The van der Waals surface area contributed by atoms with Gasteiger partial charge in [0.15, 0.2) is 0 Å². The Morgan fingerprint density at radius 3 is 2.82 bits per heavy atom. The van der Waals surface area contributed by atoms with Gasteiger partial charge < -0.3 is 10.2 Å². The molecule has 1 aromatic rings. The number of rotatable bonds is 3. The van der Waals surface area contributed by atoms with Gasteiger partial charge in [0.1, 0.15) is 0 Å². The lowest BCUT2D eigenvalue weighted by Gasteiger charge is -2.17. The highest BCUT2D eigenvalue weighted by molar-refractivity contribution is 6.00. The number of anilines is 1. The molecule has 0 fully saturated rings. The summed E-state index contributed by atoms with van der Waals surface area (Å²) < 4.78 is 27.3. The van der Waals surface area contributed by atoms with Crippen LogP contribution in [0.1, 0.15) is 11.1 Å². The maximum atomic E-state index is 13.7. The molecule has 17 heavy (non-hydrogen) atoms. The van der Waals surface area contributed by atoms with Gasteiger partial charge in [0, 0.05) is 18.3 Å². The minimum atomic E-state index is -2.91. The van der Waals surface area contributed by atoms with Crippen molar-refractivity contribution < 1.29 is 13.6 Å². The van der Waals surface area contributed by atoms with Gasteiger partial charge in [0.2, 0.25) is 5.91 Å². The summed E-state index contributed by atoms with van der Waals surface area (Å²) in [7, 11) is 3.14. The summed E-state index contributed by atoms with van der Waals surface area (Å²) in [5.41, 5.74) is 1.35. The monoisotopic (exact) mass is 240 g/mol. The number of nitrogens with one attached hydrogen (secondary N) is 1. The zero-order chi connectivity index (χ0) is 12.6. The second-order valence-electron chi connectivity index (χ2n) is 4.21. The van der Waals surface area contributed by atoms with Crippen molar-refractivity contribution in [3.63, 3.8) is 0 Å². The highest BCUT2D eigenvalue weighted by atomic mass is 19.3. The summed E-state index contributed by atoms with van der Waals surface area (Å²) in [5, 5.41) is 2.46. The molecular weight excluding hydrogens is 226 g/mol. The van der Waals surface area contributed by atoms with Crippen molar-refractivity contribution in [2.75, 3.05) is 25.5 Å². The molecule has 1 N–H and O–H groups in total. The standard InChI is InChI=1S/C12H14F2N2O/c1-15-7-12(13,14)9-3-4-10-8(5-9)6-11(17)16(10)2/h3-5,15H,6-7H2,1-2H3. The first kappa shape index (κ1) is 12.0. The number of carbonyl (C=O) groups excluding carboxylic acids is 1. The van der Waals surface area contributed by atoms with Gasteiger partial charge in [-0.05, 0) is 24.7 Å². The van der Waals surface area contributed by atoms with Crippen molar-refractivity contribution in [1.82, 2.24) is 5.32 Å². The van der Waals surface area contributed by atoms with Crippen molar-refractivity contribution in [3.8, 4) is 0 Å². The molecule has 0 aromatic heterocycles. The predicted octanol–water partition coefficient (Wildman–Crippen LogP) is 1.52. The fourth-order valence-electron chi connectivity index (χ4n) is 2.02. The first-order valence-corrected chi connectivity index (χ1v) is 5.38. The normalized spacial score (nSPS) is 15.3. The maximum absolute atomic E-state index is 13.7. The Morgan fingerprint density at radius 2 is 2.18 bits per heavy atom. The lowest BCUT2D eigenvalue weighted by Crippen LogP contribution is -2.28. The summed E-state index contributed by atoms with van der Waals surface area (Å²) in [6.45, 7) is -0.407. The number of carbonyl (C=O) groups is 1. The molecule has 3 nitrogen and oxygen atoms in total. The van der Waals surface area contributed by atoms with E-state index in [1.54, 1.807) is 13.1 Å². The van der Waals surface area contributed by atoms with E-state index in [0.717, 1.165) is 5.69 Å². The van der Waals surface area contributed by atoms with Gasteiger partial charge in [-0.25, -0.2) is 0 Å². The van der Waals surface area contributed by atoms with Gasteiger partial charge >= 0.3 is 0 Å². The van der Waals surface area contributed by atoms with E-state index < -0.39 is 12.5 Å². The minimum Gasteiger partial charge on any atom is -0.315 e. The number of hydrogen-bond donors (Lipinski definition) is 1. The van der Waals surface area contributed by atoms with Gasteiger partial charge in [-0.2, -0.15) is 8.78 Å². The highest BCUT2D eigenvalue weighted by Crippen LogP contribution is 2.34. The third-order valence-electron chi connectivity index (χ3n) is 2.98. The van der Waals surface area contributed by atoms with Crippen molar-refractivity contribution in [1.29, 1.82) is 0 Å². The van der Waals surface area contributed by atoms with Crippen LogP contribution < -0.4 is 10.2 Å². The Kier molecular flexibility index (Phi) is 2.87. The van der Waals surface area contributed by atoms with Crippen molar-refractivity contribution >= 4 is 11.6 Å². The smallest absolute Gasteiger partial charge is 0.285 e. The first-order chi connectivity index (χ1) is 7.95. The van der Waals surface area contributed by atoms with Gasteiger partial charge in [-0.15, -0.1) is 0 Å².